The van der Waals surface area contributed by atoms with Gasteiger partial charge in [-0.25, -0.2) is 0 Å². The lowest BCUT2D eigenvalue weighted by Crippen LogP contribution is -2.37. The van der Waals surface area contributed by atoms with E-state index in [0.717, 1.165) is 23.9 Å². The summed E-state index contributed by atoms with van der Waals surface area (Å²) in [6.45, 7) is 6.03. The van der Waals surface area contributed by atoms with Crippen molar-refractivity contribution in [3.8, 4) is 0 Å². The summed E-state index contributed by atoms with van der Waals surface area (Å²) in [5.74, 6) is 0.746. The number of thiophene rings is 1. The molecule has 3 N–H and O–H groups in total. The van der Waals surface area contributed by atoms with Crippen LogP contribution in [0, 0.1) is 0 Å². The van der Waals surface area contributed by atoms with Crippen LogP contribution in [-0.2, 0) is 0 Å². The van der Waals surface area contributed by atoms with E-state index in [1.807, 2.05) is 32.0 Å². The second kappa shape index (κ2) is 7.26. The molecule has 0 amide bonds. The number of hydrogen-bond acceptors (Lipinski definition) is 3. The standard InChI is InChI=1S/C15H21N3OS/c1-3-16-15(17-4-2)18-10-12(19)14-9-11-7-5-6-8-13(11)20-14/h5-9,12,19H,3-4,10H2,1-2H3,(H2,16,17,18). The van der Waals surface area contributed by atoms with Crippen molar-refractivity contribution in [2.75, 3.05) is 19.6 Å². The number of rotatable bonds is 5. The first kappa shape index (κ1) is 14.8. The molecule has 0 saturated heterocycles. The number of fused-ring (bicyclic) bond motifs is 1. The molecular formula is C15H21N3OS. The molecular weight excluding hydrogens is 270 g/mol. The lowest BCUT2D eigenvalue weighted by molar-refractivity contribution is 0.191. The minimum absolute atomic E-state index is 0.363. The number of nitrogens with zero attached hydrogens (tertiary/aromatic N) is 1. The molecule has 108 valence electrons. The number of aliphatic hydroxyl groups excluding tert-OH is 1. The molecule has 0 spiro atoms. The fourth-order valence-electron chi connectivity index (χ4n) is 1.94. The molecule has 2 rings (SSSR count). The monoisotopic (exact) mass is 291 g/mol. The molecule has 1 aromatic heterocycles. The molecule has 0 fully saturated rings. The molecule has 5 heteroatoms. The molecule has 20 heavy (non-hydrogen) atoms. The average molecular weight is 291 g/mol. The fraction of sp³-hybridized carbons (Fsp3) is 0.400. The van der Waals surface area contributed by atoms with Gasteiger partial charge >= 0.3 is 0 Å². The molecule has 1 heterocycles. The average Bonchev–Trinajstić information content (AvgIpc) is 2.89. The van der Waals surface area contributed by atoms with E-state index in [4.69, 9.17) is 0 Å². The van der Waals surface area contributed by atoms with Crippen LogP contribution in [0.3, 0.4) is 0 Å². The SMILES string of the molecule is CCNC(=NCC(O)c1cc2ccccc2s1)NCC. The molecule has 0 radical (unpaired) electrons. The Morgan fingerprint density at radius 1 is 1.25 bits per heavy atom. The van der Waals surface area contributed by atoms with Gasteiger partial charge in [0.2, 0.25) is 0 Å². The normalized spacial score (nSPS) is 12.2. The summed E-state index contributed by atoms with van der Waals surface area (Å²) in [4.78, 5) is 5.36. The molecule has 0 bridgehead atoms. The van der Waals surface area contributed by atoms with E-state index in [9.17, 15) is 5.11 Å². The summed E-state index contributed by atoms with van der Waals surface area (Å²) in [5.41, 5.74) is 0. The summed E-state index contributed by atoms with van der Waals surface area (Å²) in [5, 5.41) is 17.7. The molecule has 1 unspecified atom stereocenters. The van der Waals surface area contributed by atoms with E-state index in [1.165, 1.54) is 10.1 Å². The van der Waals surface area contributed by atoms with E-state index in [-0.39, 0.29) is 0 Å². The van der Waals surface area contributed by atoms with Gasteiger partial charge in [0.05, 0.1) is 6.54 Å². The topological polar surface area (TPSA) is 56.7 Å². The van der Waals surface area contributed by atoms with Crippen LogP contribution in [0.15, 0.2) is 35.3 Å². The lowest BCUT2D eigenvalue weighted by Gasteiger charge is -2.10. The molecule has 4 nitrogen and oxygen atoms in total. The van der Waals surface area contributed by atoms with Crippen LogP contribution in [0.2, 0.25) is 0 Å². The van der Waals surface area contributed by atoms with Crippen LogP contribution in [0.4, 0.5) is 0 Å². The van der Waals surface area contributed by atoms with Crippen molar-refractivity contribution in [1.82, 2.24) is 10.6 Å². The quantitative estimate of drug-likeness (QED) is 0.586. The van der Waals surface area contributed by atoms with Crippen molar-refractivity contribution in [2.45, 2.75) is 20.0 Å². The maximum Gasteiger partial charge on any atom is 0.191 e. The van der Waals surface area contributed by atoms with E-state index in [2.05, 4.69) is 27.8 Å². The highest BCUT2D eigenvalue weighted by molar-refractivity contribution is 7.19. The Bertz CT molecular complexity index is 538. The molecule has 2 aromatic rings. The van der Waals surface area contributed by atoms with Gasteiger partial charge in [-0.05, 0) is 31.4 Å². The van der Waals surface area contributed by atoms with Crippen LogP contribution in [0.25, 0.3) is 10.1 Å². The Morgan fingerprint density at radius 3 is 2.60 bits per heavy atom. The fourth-order valence-corrected chi connectivity index (χ4v) is 2.99. The maximum atomic E-state index is 10.3. The third-order valence-corrected chi connectivity index (χ3v) is 4.10. The molecule has 0 saturated carbocycles. The molecule has 1 aromatic carbocycles. The Balaban J connectivity index is 2.06. The number of aliphatic imine (C=N–C) groups is 1. The zero-order valence-electron chi connectivity index (χ0n) is 11.9. The van der Waals surface area contributed by atoms with Crippen molar-refractivity contribution in [3.05, 3.63) is 35.2 Å². The molecule has 1 atom stereocenters. The second-order valence-corrected chi connectivity index (χ2v) is 5.57. The predicted octanol–water partition coefficient (Wildman–Crippen LogP) is 2.51. The van der Waals surface area contributed by atoms with Crippen molar-refractivity contribution in [3.63, 3.8) is 0 Å². The van der Waals surface area contributed by atoms with Crippen molar-refractivity contribution >= 4 is 27.4 Å². The second-order valence-electron chi connectivity index (χ2n) is 4.45. The van der Waals surface area contributed by atoms with Crippen LogP contribution < -0.4 is 10.6 Å². The Hall–Kier alpha value is -1.59. The van der Waals surface area contributed by atoms with Crippen molar-refractivity contribution in [1.29, 1.82) is 0 Å². The number of aliphatic hydroxyl groups is 1. The van der Waals surface area contributed by atoms with Gasteiger partial charge in [0.15, 0.2) is 5.96 Å². The van der Waals surface area contributed by atoms with E-state index >= 15 is 0 Å². The largest absolute Gasteiger partial charge is 0.386 e. The highest BCUT2D eigenvalue weighted by atomic mass is 32.1. The summed E-state index contributed by atoms with van der Waals surface area (Å²) < 4.78 is 1.20. The van der Waals surface area contributed by atoms with E-state index < -0.39 is 6.10 Å². The van der Waals surface area contributed by atoms with E-state index in [0.29, 0.717) is 6.54 Å². The molecule has 0 aliphatic heterocycles. The van der Waals surface area contributed by atoms with Crippen molar-refractivity contribution < 1.29 is 5.11 Å². The smallest absolute Gasteiger partial charge is 0.191 e. The highest BCUT2D eigenvalue weighted by Crippen LogP contribution is 2.29. The van der Waals surface area contributed by atoms with Crippen molar-refractivity contribution in [2.24, 2.45) is 4.99 Å². The number of nitrogens with one attached hydrogen (secondary N) is 2. The van der Waals surface area contributed by atoms with Crippen LogP contribution >= 0.6 is 11.3 Å². The zero-order valence-corrected chi connectivity index (χ0v) is 12.7. The van der Waals surface area contributed by atoms with Gasteiger partial charge in [-0.2, -0.15) is 0 Å². The van der Waals surface area contributed by atoms with Crippen LogP contribution in [0.5, 0.6) is 0 Å². The molecule has 0 aliphatic carbocycles. The third-order valence-electron chi connectivity index (χ3n) is 2.88. The Labute approximate surface area is 123 Å². The summed E-state index contributed by atoms with van der Waals surface area (Å²) in [6.07, 6.45) is -0.556. The van der Waals surface area contributed by atoms with E-state index in [1.54, 1.807) is 11.3 Å². The minimum Gasteiger partial charge on any atom is -0.386 e. The number of guanidine groups is 1. The van der Waals surface area contributed by atoms with Crippen LogP contribution in [0.1, 0.15) is 24.8 Å². The predicted molar refractivity (Wildman–Crippen MR) is 86.4 cm³/mol. The zero-order chi connectivity index (χ0) is 14.4. The first-order valence-electron chi connectivity index (χ1n) is 6.93. The summed E-state index contributed by atoms with van der Waals surface area (Å²) >= 11 is 1.62. The van der Waals surface area contributed by atoms with Gasteiger partial charge in [0.25, 0.3) is 0 Å². The van der Waals surface area contributed by atoms with Gasteiger partial charge in [-0.3, -0.25) is 4.99 Å². The Morgan fingerprint density at radius 2 is 1.95 bits per heavy atom. The van der Waals surface area contributed by atoms with Gasteiger partial charge in [-0.15, -0.1) is 11.3 Å². The Kier molecular flexibility index (Phi) is 5.38. The van der Waals surface area contributed by atoms with Gasteiger partial charge in [0, 0.05) is 22.7 Å². The van der Waals surface area contributed by atoms with Gasteiger partial charge in [0.1, 0.15) is 6.10 Å². The highest BCUT2D eigenvalue weighted by Gasteiger charge is 2.11. The first-order chi connectivity index (χ1) is 9.74. The third kappa shape index (κ3) is 3.71. The number of hydrogen-bond donors (Lipinski definition) is 3. The first-order valence-corrected chi connectivity index (χ1v) is 7.75. The summed E-state index contributed by atoms with van der Waals surface area (Å²) in [7, 11) is 0. The number of benzene rings is 1. The lowest BCUT2D eigenvalue weighted by atomic mass is 10.2. The van der Waals surface area contributed by atoms with Crippen LogP contribution in [-0.4, -0.2) is 30.7 Å². The molecule has 0 aliphatic rings. The maximum absolute atomic E-state index is 10.3. The minimum atomic E-state index is -0.556. The van der Waals surface area contributed by atoms with Gasteiger partial charge < -0.3 is 15.7 Å². The van der Waals surface area contributed by atoms with Gasteiger partial charge in [-0.1, -0.05) is 18.2 Å². The summed E-state index contributed by atoms with van der Waals surface area (Å²) in [6, 6.07) is 10.2.